The van der Waals surface area contributed by atoms with Crippen molar-refractivity contribution in [3.63, 3.8) is 0 Å². The first kappa shape index (κ1) is 34.6. The Morgan fingerprint density at radius 1 is 0.636 bits per heavy atom. The summed E-state index contributed by atoms with van der Waals surface area (Å²) < 4.78 is 3.75. The third-order valence-corrected chi connectivity index (χ3v) is 17.3. The molecule has 0 fully saturated rings. The van der Waals surface area contributed by atoms with Gasteiger partial charge in [-0.05, 0) is 0 Å². The van der Waals surface area contributed by atoms with Gasteiger partial charge in [0, 0.05) is 0 Å². The van der Waals surface area contributed by atoms with E-state index in [-0.39, 0.29) is 35.6 Å². The van der Waals surface area contributed by atoms with Gasteiger partial charge in [-0.3, -0.25) is 0 Å². The summed E-state index contributed by atoms with van der Waals surface area (Å²) >= 11 is -2.67. The summed E-state index contributed by atoms with van der Waals surface area (Å²) in [6.07, 6.45) is 8.24. The minimum absolute atomic E-state index is 0. The van der Waals surface area contributed by atoms with E-state index in [0.29, 0.717) is 3.63 Å². The maximum Gasteiger partial charge on any atom is -0.147 e. The van der Waals surface area contributed by atoms with Crippen molar-refractivity contribution in [2.75, 3.05) is 0 Å². The largest absolute Gasteiger partial charge is 0.147 e. The molecule has 0 aromatic heterocycles. The smallest absolute Gasteiger partial charge is 0.147 e. The number of hydrogen-bond donors (Lipinski definition) is 0. The number of halogens is 2. The number of rotatable bonds is 4. The molecule has 2 aliphatic carbocycles. The van der Waals surface area contributed by atoms with Crippen LogP contribution in [0.2, 0.25) is 0 Å². The van der Waals surface area contributed by atoms with Crippen LogP contribution in [-0.4, -0.2) is 3.21 Å². The summed E-state index contributed by atoms with van der Waals surface area (Å²) in [5, 5.41) is 0. The second kappa shape index (κ2) is 13.2. The van der Waals surface area contributed by atoms with Crippen molar-refractivity contribution in [3.05, 3.63) is 151 Å². The summed E-state index contributed by atoms with van der Waals surface area (Å²) in [6, 6.07) is 33.5. The maximum atomic E-state index is 2.53. The molecule has 0 atom stereocenters. The number of allylic oxidation sites excluding steroid dienone is 4. The average molecular weight is 701 g/mol. The number of hydrogen-bond acceptors (Lipinski definition) is 0. The molecule has 0 bridgehead atoms. The van der Waals surface area contributed by atoms with Crippen LogP contribution in [0.15, 0.2) is 106 Å². The third-order valence-electron chi connectivity index (χ3n) is 9.04. The van der Waals surface area contributed by atoms with Crippen molar-refractivity contribution in [2.24, 2.45) is 0 Å². The zero-order valence-electron chi connectivity index (χ0n) is 27.4. The molecule has 3 heteroatoms. The minimum Gasteiger partial charge on any atom is -0.147 e. The Hall–Kier alpha value is -2.31. The zero-order valence-corrected chi connectivity index (χ0v) is 31.5. The Bertz CT molecular complexity index is 1680. The van der Waals surface area contributed by atoms with E-state index in [1.54, 1.807) is 17.6 Å². The molecule has 0 amide bonds. The summed E-state index contributed by atoms with van der Waals surface area (Å²) in [6.45, 7) is 18.5. The Kier molecular flexibility index (Phi) is 10.4. The molecule has 0 N–H and O–H groups in total. The van der Waals surface area contributed by atoms with Crippen LogP contribution in [0, 0.1) is 13.8 Å². The quantitative estimate of drug-likeness (QED) is 0.199. The minimum atomic E-state index is -2.67. The maximum absolute atomic E-state index is 2.67. The molecule has 44 heavy (non-hydrogen) atoms. The Labute approximate surface area is 285 Å². The fourth-order valence-corrected chi connectivity index (χ4v) is 15.7. The van der Waals surface area contributed by atoms with Gasteiger partial charge in [-0.1, -0.05) is 0 Å². The predicted molar refractivity (Wildman–Crippen MR) is 193 cm³/mol. The van der Waals surface area contributed by atoms with Crippen molar-refractivity contribution in [3.8, 4) is 11.1 Å². The monoisotopic (exact) mass is 698 g/mol. The van der Waals surface area contributed by atoms with Gasteiger partial charge >= 0.3 is 263 Å². The first-order chi connectivity index (χ1) is 19.9. The van der Waals surface area contributed by atoms with Crippen molar-refractivity contribution < 1.29 is 21.3 Å². The molecule has 0 saturated heterocycles. The summed E-state index contributed by atoms with van der Waals surface area (Å²) in [7, 11) is 0. The Morgan fingerprint density at radius 2 is 1.11 bits per heavy atom. The predicted octanol–water partition coefficient (Wildman–Crippen LogP) is 11.5. The van der Waals surface area contributed by atoms with E-state index in [9.17, 15) is 0 Å². The number of aryl methyl sites for hydroxylation is 2. The van der Waals surface area contributed by atoms with E-state index in [1.165, 1.54) is 44.5 Å². The molecule has 6 rings (SSSR count). The number of benzene rings is 4. The fraction of sp³-hybridized carbons (Fsp3) is 0.293. The van der Waals surface area contributed by atoms with E-state index in [0.717, 1.165) is 6.42 Å². The van der Waals surface area contributed by atoms with E-state index in [4.69, 9.17) is 0 Å². The molecule has 0 nitrogen and oxygen atoms in total. The van der Waals surface area contributed by atoms with Crippen molar-refractivity contribution in [1.29, 1.82) is 0 Å². The first-order valence-electron chi connectivity index (χ1n) is 15.5. The Balaban J connectivity index is 0.00000221. The molecule has 0 heterocycles. The van der Waals surface area contributed by atoms with Crippen LogP contribution in [0.1, 0.15) is 96.1 Å². The van der Waals surface area contributed by atoms with Crippen molar-refractivity contribution >= 4 is 28.0 Å². The second-order valence-corrected chi connectivity index (χ2v) is 20.6. The van der Waals surface area contributed by atoms with E-state index in [2.05, 4.69) is 159 Å². The summed E-state index contributed by atoms with van der Waals surface area (Å²) in [4.78, 5) is 0. The third kappa shape index (κ3) is 6.63. The molecule has 0 saturated carbocycles. The molecule has 0 spiro atoms. The molecule has 4 aromatic carbocycles. The van der Waals surface area contributed by atoms with E-state index in [1.807, 2.05) is 0 Å². The van der Waals surface area contributed by atoms with Gasteiger partial charge in [-0.2, -0.15) is 0 Å². The van der Waals surface area contributed by atoms with Crippen molar-refractivity contribution in [1.82, 2.24) is 0 Å². The molecule has 4 aromatic rings. The normalized spacial score (nSPS) is 13.9. The van der Waals surface area contributed by atoms with Gasteiger partial charge < -0.3 is 0 Å². The van der Waals surface area contributed by atoms with Gasteiger partial charge in [0.2, 0.25) is 0 Å². The van der Waals surface area contributed by atoms with Gasteiger partial charge in [0.1, 0.15) is 0 Å². The van der Waals surface area contributed by atoms with Gasteiger partial charge in [0.05, 0.1) is 0 Å². The molecule has 228 valence electrons. The number of fused-ring (bicyclic) bond motifs is 3. The fourth-order valence-electron chi connectivity index (χ4n) is 6.71. The molecule has 0 aliphatic heterocycles. The van der Waals surface area contributed by atoms with Gasteiger partial charge in [0.15, 0.2) is 0 Å². The van der Waals surface area contributed by atoms with E-state index < -0.39 is 21.3 Å². The van der Waals surface area contributed by atoms with Gasteiger partial charge in [-0.25, -0.2) is 0 Å². The van der Waals surface area contributed by atoms with Crippen LogP contribution >= 0.6 is 24.8 Å². The van der Waals surface area contributed by atoms with Crippen LogP contribution in [0.3, 0.4) is 0 Å². The topological polar surface area (TPSA) is 0 Å². The standard InChI is InChI=1S/C21H25.C15H14.C5H5.2ClH.Zr/c1-20(2,3)16-9-7-14-11-15-8-10-17(21(4,5)6)13-19(15)18(14)12-16;1-12-5-3-7-14(9-12)11-15-8-4-6-13(2)10-15;1-2-4-5-3-1;;;/h7-13H,1-6H3;3-10H,1-2H3;1-3H,4H2;2*1H;. The first-order valence-corrected chi connectivity index (χ1v) is 19.3. The van der Waals surface area contributed by atoms with E-state index >= 15 is 0 Å². The molecule has 0 unspecified atom stereocenters. The van der Waals surface area contributed by atoms with Crippen LogP contribution in [-0.2, 0) is 32.1 Å². The van der Waals surface area contributed by atoms with Crippen LogP contribution in [0.4, 0.5) is 0 Å². The molecular formula is C41H46Cl2Zr. The van der Waals surface area contributed by atoms with Gasteiger partial charge in [-0.15, -0.1) is 24.8 Å². The zero-order chi connectivity index (χ0) is 29.8. The average Bonchev–Trinajstić information content (AvgIpc) is 3.57. The molecular weight excluding hydrogens is 655 g/mol. The van der Waals surface area contributed by atoms with Crippen LogP contribution in [0.5, 0.6) is 0 Å². The van der Waals surface area contributed by atoms with Crippen LogP contribution in [0.25, 0.3) is 11.1 Å². The SMILES string of the molecule is Cc1cccc([C](c2cccc(C)c2)=[Zr]([C]2=CC=CC2)[CH]2c3ccc(C(C)(C)C)cc3-c3cc(C(C)(C)C)ccc32)c1.Cl.Cl. The summed E-state index contributed by atoms with van der Waals surface area (Å²) in [5.41, 5.74) is 14.6. The van der Waals surface area contributed by atoms with Crippen molar-refractivity contribution in [2.45, 2.75) is 76.3 Å². The molecule has 0 radical (unpaired) electrons. The van der Waals surface area contributed by atoms with Gasteiger partial charge in [0.25, 0.3) is 0 Å². The summed E-state index contributed by atoms with van der Waals surface area (Å²) in [5.74, 6) is 0. The second-order valence-electron chi connectivity index (χ2n) is 14.4. The Morgan fingerprint density at radius 3 is 1.50 bits per heavy atom. The molecule has 2 aliphatic rings. The van der Waals surface area contributed by atoms with Crippen LogP contribution < -0.4 is 0 Å².